The number of hydrogen-bond acceptors (Lipinski definition) is 4. The Morgan fingerprint density at radius 3 is 2.96 bits per heavy atom. The molecule has 1 aromatic carbocycles. The van der Waals surface area contributed by atoms with E-state index in [1.165, 1.54) is 5.56 Å². The van der Waals surface area contributed by atoms with Gasteiger partial charge in [-0.3, -0.25) is 14.5 Å². The first kappa shape index (κ1) is 17.7. The number of benzene rings is 1. The lowest BCUT2D eigenvalue weighted by atomic mass is 9.93. The van der Waals surface area contributed by atoms with Crippen LogP contribution in [0.2, 0.25) is 0 Å². The second-order valence-corrected chi connectivity index (χ2v) is 7.37. The molecule has 0 radical (unpaired) electrons. The summed E-state index contributed by atoms with van der Waals surface area (Å²) in [6, 6.07) is 10.4. The molecule has 1 fully saturated rings. The highest BCUT2D eigenvalue weighted by Crippen LogP contribution is 2.24. The van der Waals surface area contributed by atoms with Crippen molar-refractivity contribution in [3.8, 4) is 0 Å². The minimum Gasteiger partial charge on any atom is -0.379 e. The minimum atomic E-state index is -0.0954. The van der Waals surface area contributed by atoms with Crippen LogP contribution in [0.4, 0.5) is 0 Å². The molecule has 1 aliphatic heterocycles. The van der Waals surface area contributed by atoms with Gasteiger partial charge in [0.25, 0.3) is 5.91 Å². The van der Waals surface area contributed by atoms with E-state index >= 15 is 0 Å². The summed E-state index contributed by atoms with van der Waals surface area (Å²) in [5.74, 6) is 0.141. The van der Waals surface area contributed by atoms with Crippen molar-refractivity contribution < 1.29 is 9.53 Å². The molecule has 2 aromatic heterocycles. The number of aromatic nitrogens is 3. The maximum Gasteiger partial charge on any atom is 0.254 e. The molecular weight excluding hydrogens is 340 g/mol. The van der Waals surface area contributed by atoms with E-state index in [9.17, 15) is 4.79 Å². The van der Waals surface area contributed by atoms with Gasteiger partial charge in [-0.15, -0.1) is 0 Å². The SMILES string of the molecule is CC(C)n1cc(C(=O)N[C@@H]2COC[C@H]2Cc2ccnc3ccccc23)cn1. The molecule has 6 nitrogen and oxygen atoms in total. The Balaban J connectivity index is 1.48. The molecule has 0 unspecified atom stereocenters. The van der Waals surface area contributed by atoms with Crippen LogP contribution in [-0.4, -0.2) is 39.9 Å². The van der Waals surface area contributed by atoms with Crippen LogP contribution in [0, 0.1) is 5.92 Å². The lowest BCUT2D eigenvalue weighted by Gasteiger charge is -2.19. The summed E-state index contributed by atoms with van der Waals surface area (Å²) in [6.07, 6.45) is 6.11. The molecule has 1 aliphatic rings. The van der Waals surface area contributed by atoms with Crippen LogP contribution in [-0.2, 0) is 11.2 Å². The van der Waals surface area contributed by atoms with Crippen LogP contribution >= 0.6 is 0 Å². The molecular formula is C21H24N4O2. The molecule has 0 bridgehead atoms. The smallest absolute Gasteiger partial charge is 0.254 e. The molecule has 0 spiro atoms. The van der Waals surface area contributed by atoms with E-state index in [1.807, 2.05) is 38.2 Å². The number of nitrogens with zero attached hydrogens (tertiary/aromatic N) is 3. The monoisotopic (exact) mass is 364 g/mol. The second-order valence-electron chi connectivity index (χ2n) is 7.37. The molecule has 2 atom stereocenters. The average molecular weight is 364 g/mol. The zero-order chi connectivity index (χ0) is 18.8. The molecule has 1 saturated heterocycles. The third kappa shape index (κ3) is 3.71. The molecule has 3 aromatic rings. The standard InChI is InChI=1S/C21H24N4O2/c1-14(2)25-11-17(10-23-25)21(26)24-20-13-27-12-16(20)9-15-7-8-22-19-6-4-3-5-18(15)19/h3-8,10-11,14,16,20H,9,12-13H2,1-2H3,(H,24,26)/t16-,20-/m1/s1. The van der Waals surface area contributed by atoms with Crippen LogP contribution in [0.25, 0.3) is 10.9 Å². The van der Waals surface area contributed by atoms with Crippen LogP contribution in [0.5, 0.6) is 0 Å². The summed E-state index contributed by atoms with van der Waals surface area (Å²) in [7, 11) is 0. The number of carbonyl (C=O) groups is 1. The Kier molecular flexibility index (Phi) is 4.90. The van der Waals surface area contributed by atoms with Crippen LogP contribution < -0.4 is 5.32 Å². The van der Waals surface area contributed by atoms with E-state index in [-0.39, 0.29) is 23.9 Å². The number of para-hydroxylation sites is 1. The van der Waals surface area contributed by atoms with Crippen LogP contribution in [0.1, 0.15) is 35.8 Å². The van der Waals surface area contributed by atoms with Gasteiger partial charge in [-0.25, -0.2) is 0 Å². The van der Waals surface area contributed by atoms with Gasteiger partial charge in [0.05, 0.1) is 36.5 Å². The molecule has 1 N–H and O–H groups in total. The van der Waals surface area contributed by atoms with Crippen molar-refractivity contribution in [3.05, 3.63) is 60.0 Å². The molecule has 0 aliphatic carbocycles. The van der Waals surface area contributed by atoms with Crippen molar-refractivity contribution in [2.45, 2.75) is 32.4 Å². The van der Waals surface area contributed by atoms with Gasteiger partial charge >= 0.3 is 0 Å². The van der Waals surface area contributed by atoms with E-state index in [2.05, 4.69) is 27.5 Å². The Morgan fingerprint density at radius 1 is 1.30 bits per heavy atom. The lowest BCUT2D eigenvalue weighted by molar-refractivity contribution is 0.0925. The van der Waals surface area contributed by atoms with Gasteiger partial charge in [-0.1, -0.05) is 18.2 Å². The van der Waals surface area contributed by atoms with Gasteiger partial charge in [-0.05, 0) is 38.0 Å². The van der Waals surface area contributed by atoms with E-state index < -0.39 is 0 Å². The zero-order valence-corrected chi connectivity index (χ0v) is 15.6. The van der Waals surface area contributed by atoms with E-state index in [4.69, 9.17) is 4.74 Å². The summed E-state index contributed by atoms with van der Waals surface area (Å²) < 4.78 is 7.48. The normalized spacial score (nSPS) is 19.7. The number of pyridine rings is 1. The molecule has 4 rings (SSSR count). The van der Waals surface area contributed by atoms with Gasteiger partial charge < -0.3 is 10.1 Å². The first-order valence-electron chi connectivity index (χ1n) is 9.37. The van der Waals surface area contributed by atoms with Crippen LogP contribution in [0.15, 0.2) is 48.9 Å². The third-order valence-electron chi connectivity index (χ3n) is 5.13. The Hall–Kier alpha value is -2.73. The van der Waals surface area contributed by atoms with Crippen LogP contribution in [0.3, 0.4) is 0 Å². The van der Waals surface area contributed by atoms with Crippen molar-refractivity contribution in [2.75, 3.05) is 13.2 Å². The van der Waals surface area contributed by atoms with Crippen molar-refractivity contribution in [1.82, 2.24) is 20.1 Å². The van der Waals surface area contributed by atoms with Crippen molar-refractivity contribution in [2.24, 2.45) is 5.92 Å². The molecule has 3 heterocycles. The van der Waals surface area contributed by atoms with Gasteiger partial charge in [0, 0.05) is 29.7 Å². The predicted octanol–water partition coefficient (Wildman–Crippen LogP) is 3.00. The summed E-state index contributed by atoms with van der Waals surface area (Å²) in [4.78, 5) is 17.0. The summed E-state index contributed by atoms with van der Waals surface area (Å²) >= 11 is 0. The average Bonchev–Trinajstić information content (AvgIpc) is 3.32. The third-order valence-corrected chi connectivity index (χ3v) is 5.13. The Bertz CT molecular complexity index is 945. The van der Waals surface area contributed by atoms with Gasteiger partial charge in [-0.2, -0.15) is 5.10 Å². The molecule has 27 heavy (non-hydrogen) atoms. The number of nitrogens with one attached hydrogen (secondary N) is 1. The summed E-state index contributed by atoms with van der Waals surface area (Å²) in [5.41, 5.74) is 2.82. The molecule has 6 heteroatoms. The molecule has 0 saturated carbocycles. The Morgan fingerprint density at radius 2 is 2.15 bits per heavy atom. The largest absolute Gasteiger partial charge is 0.379 e. The summed E-state index contributed by atoms with van der Waals surface area (Å²) in [5, 5.41) is 8.55. The van der Waals surface area contributed by atoms with E-state index in [1.54, 1.807) is 17.1 Å². The second kappa shape index (κ2) is 7.48. The quantitative estimate of drug-likeness (QED) is 0.756. The van der Waals surface area contributed by atoms with Gasteiger partial charge in [0.15, 0.2) is 0 Å². The molecule has 140 valence electrons. The lowest BCUT2D eigenvalue weighted by Crippen LogP contribution is -2.40. The number of ether oxygens (including phenoxy) is 1. The first-order valence-corrected chi connectivity index (χ1v) is 9.37. The highest BCUT2D eigenvalue weighted by atomic mass is 16.5. The number of carbonyl (C=O) groups excluding carboxylic acids is 1. The predicted molar refractivity (Wildman–Crippen MR) is 104 cm³/mol. The zero-order valence-electron chi connectivity index (χ0n) is 15.6. The fourth-order valence-corrected chi connectivity index (χ4v) is 3.56. The highest BCUT2D eigenvalue weighted by molar-refractivity contribution is 5.94. The van der Waals surface area contributed by atoms with E-state index in [0.29, 0.717) is 18.8 Å². The highest BCUT2D eigenvalue weighted by Gasteiger charge is 2.30. The fourth-order valence-electron chi connectivity index (χ4n) is 3.56. The number of hydrogen-bond donors (Lipinski definition) is 1. The molecule has 1 amide bonds. The maximum absolute atomic E-state index is 12.6. The number of amides is 1. The fraction of sp³-hybridized carbons (Fsp3) is 0.381. The number of rotatable bonds is 5. The van der Waals surface area contributed by atoms with Crippen molar-refractivity contribution >= 4 is 16.8 Å². The van der Waals surface area contributed by atoms with Crippen molar-refractivity contribution in [1.29, 1.82) is 0 Å². The van der Waals surface area contributed by atoms with Gasteiger partial charge in [0.1, 0.15) is 0 Å². The Labute approximate surface area is 158 Å². The first-order chi connectivity index (χ1) is 13.1. The van der Waals surface area contributed by atoms with Crippen molar-refractivity contribution in [3.63, 3.8) is 0 Å². The maximum atomic E-state index is 12.6. The minimum absolute atomic E-state index is 0.00757. The van der Waals surface area contributed by atoms with E-state index in [0.717, 1.165) is 17.3 Å². The number of fused-ring (bicyclic) bond motifs is 1. The summed E-state index contributed by atoms with van der Waals surface area (Å²) in [6.45, 7) is 5.26. The topological polar surface area (TPSA) is 69.0 Å². The van der Waals surface area contributed by atoms with Gasteiger partial charge in [0.2, 0.25) is 0 Å².